The van der Waals surface area contributed by atoms with Crippen molar-refractivity contribution < 1.29 is 17.9 Å². The summed E-state index contributed by atoms with van der Waals surface area (Å²) >= 11 is 0. The molecule has 0 spiro atoms. The minimum atomic E-state index is -4.45. The van der Waals surface area contributed by atoms with E-state index in [-0.39, 0.29) is 5.56 Å². The average Bonchev–Trinajstić information content (AvgIpc) is 3.13. The highest BCUT2D eigenvalue weighted by molar-refractivity contribution is 5.53. The molecule has 0 saturated heterocycles. The maximum Gasteiger partial charge on any atom is 0.416 e. The van der Waals surface area contributed by atoms with Crippen molar-refractivity contribution in [3.05, 3.63) is 77.6 Å². The number of hydrogen-bond acceptors (Lipinski definition) is 3. The van der Waals surface area contributed by atoms with Gasteiger partial charge in [0.1, 0.15) is 5.75 Å². The molecule has 7 heteroatoms. The molecule has 0 saturated carbocycles. The van der Waals surface area contributed by atoms with Crippen molar-refractivity contribution in [3.63, 3.8) is 0 Å². The van der Waals surface area contributed by atoms with Gasteiger partial charge in [-0.3, -0.25) is 5.10 Å². The van der Waals surface area contributed by atoms with Crippen LogP contribution in [0.1, 0.15) is 22.7 Å². The lowest BCUT2D eigenvalue weighted by Crippen LogP contribution is -2.18. The van der Waals surface area contributed by atoms with Crippen LogP contribution in [0.2, 0.25) is 0 Å². The van der Waals surface area contributed by atoms with Gasteiger partial charge in [-0.05, 0) is 23.8 Å². The van der Waals surface area contributed by atoms with Gasteiger partial charge in [0.05, 0.1) is 24.9 Å². The number of rotatable bonds is 5. The van der Waals surface area contributed by atoms with E-state index in [4.69, 9.17) is 4.74 Å². The molecule has 0 fully saturated rings. The Morgan fingerprint density at radius 2 is 1.92 bits per heavy atom. The number of aromatic nitrogens is 2. The number of nitrogens with zero attached hydrogens (tertiary/aromatic N) is 1. The second-order valence-corrected chi connectivity index (χ2v) is 5.43. The van der Waals surface area contributed by atoms with Crippen LogP contribution in [0.3, 0.4) is 0 Å². The molecule has 130 valence electrons. The standard InChI is InChI=1S/C18H16F3N3O/c1-25-14-6-4-5-13(9-14)24-17(12-10-22-23-11-12)15-7-2-3-8-16(15)18(19,20)21/h2-11,17,24H,1H3,(H,22,23). The summed E-state index contributed by atoms with van der Waals surface area (Å²) < 4.78 is 45.5. The fourth-order valence-electron chi connectivity index (χ4n) is 2.65. The van der Waals surface area contributed by atoms with E-state index in [0.29, 0.717) is 17.0 Å². The molecular formula is C18H16F3N3O. The highest BCUT2D eigenvalue weighted by Gasteiger charge is 2.35. The summed E-state index contributed by atoms with van der Waals surface area (Å²) in [5, 5.41) is 9.66. The SMILES string of the molecule is COc1cccc(NC(c2cn[nH]c2)c2ccccc2C(F)(F)F)c1. The summed E-state index contributed by atoms with van der Waals surface area (Å²) in [6.45, 7) is 0. The zero-order valence-electron chi connectivity index (χ0n) is 13.3. The number of methoxy groups -OCH3 is 1. The Balaban J connectivity index is 2.05. The summed E-state index contributed by atoms with van der Waals surface area (Å²) in [6.07, 6.45) is -1.37. The number of benzene rings is 2. The van der Waals surface area contributed by atoms with Crippen LogP contribution in [0.15, 0.2) is 60.9 Å². The zero-order chi connectivity index (χ0) is 17.9. The predicted octanol–water partition coefficient (Wildman–Crippen LogP) is 4.64. The van der Waals surface area contributed by atoms with Crippen molar-refractivity contribution in [2.45, 2.75) is 12.2 Å². The van der Waals surface area contributed by atoms with Gasteiger partial charge in [-0.25, -0.2) is 0 Å². The first-order valence-corrected chi connectivity index (χ1v) is 7.54. The second-order valence-electron chi connectivity index (χ2n) is 5.43. The predicted molar refractivity (Wildman–Crippen MR) is 88.5 cm³/mol. The van der Waals surface area contributed by atoms with Gasteiger partial charge in [-0.15, -0.1) is 0 Å². The Labute approximate surface area is 142 Å². The molecule has 1 atom stereocenters. The van der Waals surface area contributed by atoms with Gasteiger partial charge in [0, 0.05) is 23.5 Å². The molecule has 3 rings (SSSR count). The minimum absolute atomic E-state index is 0.124. The molecule has 25 heavy (non-hydrogen) atoms. The molecule has 0 aliphatic rings. The van der Waals surface area contributed by atoms with Crippen LogP contribution in [0, 0.1) is 0 Å². The molecular weight excluding hydrogens is 331 g/mol. The van der Waals surface area contributed by atoms with E-state index in [1.165, 1.54) is 25.4 Å². The lowest BCUT2D eigenvalue weighted by molar-refractivity contribution is -0.138. The summed E-state index contributed by atoms with van der Waals surface area (Å²) in [5.74, 6) is 0.611. The lowest BCUT2D eigenvalue weighted by Gasteiger charge is -2.23. The number of anilines is 1. The van der Waals surface area contributed by atoms with Gasteiger partial charge in [-0.2, -0.15) is 18.3 Å². The number of alkyl halides is 3. The highest BCUT2D eigenvalue weighted by atomic mass is 19.4. The number of aromatic amines is 1. The van der Waals surface area contributed by atoms with Gasteiger partial charge in [0.25, 0.3) is 0 Å². The summed E-state index contributed by atoms with van der Waals surface area (Å²) in [6, 6.07) is 11.8. The van der Waals surface area contributed by atoms with Crippen molar-refractivity contribution in [2.75, 3.05) is 12.4 Å². The van der Waals surface area contributed by atoms with Gasteiger partial charge in [0.15, 0.2) is 0 Å². The quantitative estimate of drug-likeness (QED) is 0.707. The molecule has 0 amide bonds. The maximum absolute atomic E-state index is 13.4. The van der Waals surface area contributed by atoms with Crippen molar-refractivity contribution in [3.8, 4) is 5.75 Å². The molecule has 1 heterocycles. The largest absolute Gasteiger partial charge is 0.497 e. The number of nitrogens with one attached hydrogen (secondary N) is 2. The topological polar surface area (TPSA) is 49.9 Å². The van der Waals surface area contributed by atoms with E-state index in [1.54, 1.807) is 36.5 Å². The van der Waals surface area contributed by atoms with E-state index in [1.807, 2.05) is 0 Å². The number of ether oxygens (including phenoxy) is 1. The molecule has 0 aliphatic carbocycles. The van der Waals surface area contributed by atoms with Crippen molar-refractivity contribution in [1.29, 1.82) is 0 Å². The maximum atomic E-state index is 13.4. The molecule has 0 aliphatic heterocycles. The van der Waals surface area contributed by atoms with E-state index >= 15 is 0 Å². The molecule has 2 aromatic carbocycles. The van der Waals surface area contributed by atoms with E-state index < -0.39 is 17.8 Å². The second kappa shape index (κ2) is 6.88. The molecule has 3 aromatic rings. The van der Waals surface area contributed by atoms with Crippen LogP contribution in [0.4, 0.5) is 18.9 Å². The van der Waals surface area contributed by atoms with Crippen LogP contribution >= 0.6 is 0 Å². The molecule has 1 unspecified atom stereocenters. The van der Waals surface area contributed by atoms with Crippen molar-refractivity contribution >= 4 is 5.69 Å². The third-order valence-corrected chi connectivity index (χ3v) is 3.81. The average molecular weight is 347 g/mol. The zero-order valence-corrected chi connectivity index (χ0v) is 13.3. The Bertz CT molecular complexity index is 832. The first-order chi connectivity index (χ1) is 12.0. The lowest BCUT2D eigenvalue weighted by atomic mass is 9.95. The normalized spacial score (nSPS) is 12.6. The summed E-state index contributed by atoms with van der Waals surface area (Å²) in [5.41, 5.74) is 0.679. The van der Waals surface area contributed by atoms with Gasteiger partial charge in [0.2, 0.25) is 0 Å². The van der Waals surface area contributed by atoms with E-state index in [2.05, 4.69) is 15.5 Å². The van der Waals surface area contributed by atoms with Crippen molar-refractivity contribution in [2.24, 2.45) is 0 Å². The van der Waals surface area contributed by atoms with Gasteiger partial charge < -0.3 is 10.1 Å². The van der Waals surface area contributed by atoms with Crippen molar-refractivity contribution in [1.82, 2.24) is 10.2 Å². The first kappa shape index (κ1) is 16.9. The van der Waals surface area contributed by atoms with E-state index in [0.717, 1.165) is 6.07 Å². The number of hydrogen-bond donors (Lipinski definition) is 2. The van der Waals surface area contributed by atoms with Crippen LogP contribution in [0.25, 0.3) is 0 Å². The van der Waals surface area contributed by atoms with Crippen LogP contribution < -0.4 is 10.1 Å². The monoisotopic (exact) mass is 347 g/mol. The molecule has 4 nitrogen and oxygen atoms in total. The number of halogens is 3. The molecule has 1 aromatic heterocycles. The van der Waals surface area contributed by atoms with Crippen LogP contribution in [-0.2, 0) is 6.18 Å². The third-order valence-electron chi connectivity index (χ3n) is 3.81. The van der Waals surface area contributed by atoms with Crippen LogP contribution in [0.5, 0.6) is 5.75 Å². The Morgan fingerprint density at radius 3 is 2.60 bits per heavy atom. The van der Waals surface area contributed by atoms with Gasteiger partial charge in [-0.1, -0.05) is 24.3 Å². The highest BCUT2D eigenvalue weighted by Crippen LogP contribution is 2.37. The molecule has 0 radical (unpaired) electrons. The Morgan fingerprint density at radius 1 is 1.12 bits per heavy atom. The fraction of sp³-hybridized carbons (Fsp3) is 0.167. The summed E-state index contributed by atoms with van der Waals surface area (Å²) in [4.78, 5) is 0. The van der Waals surface area contributed by atoms with E-state index in [9.17, 15) is 13.2 Å². The fourth-order valence-corrected chi connectivity index (χ4v) is 2.65. The Kier molecular flexibility index (Phi) is 4.65. The summed E-state index contributed by atoms with van der Waals surface area (Å²) in [7, 11) is 1.53. The van der Waals surface area contributed by atoms with Crippen LogP contribution in [-0.4, -0.2) is 17.3 Å². The van der Waals surface area contributed by atoms with Gasteiger partial charge >= 0.3 is 6.18 Å². The minimum Gasteiger partial charge on any atom is -0.497 e. The molecule has 0 bridgehead atoms. The first-order valence-electron chi connectivity index (χ1n) is 7.54. The number of H-pyrrole nitrogens is 1. The Hall–Kier alpha value is -2.96. The third kappa shape index (κ3) is 3.76. The smallest absolute Gasteiger partial charge is 0.416 e. The molecule has 2 N–H and O–H groups in total.